The molecule has 8 nitrogen and oxygen atoms in total. The lowest BCUT2D eigenvalue weighted by atomic mass is 10.2. The lowest BCUT2D eigenvalue weighted by Gasteiger charge is -2.36. The smallest absolute Gasteiger partial charge is 0.225 e. The molecule has 3 aromatic heterocycles. The Morgan fingerprint density at radius 2 is 1.97 bits per heavy atom. The number of hydrogen-bond acceptors (Lipinski definition) is 5. The summed E-state index contributed by atoms with van der Waals surface area (Å²) in [6.07, 6.45) is 9.27. The van der Waals surface area contributed by atoms with Crippen molar-refractivity contribution < 1.29 is 4.79 Å². The molecule has 1 saturated carbocycles. The molecule has 1 aliphatic carbocycles. The van der Waals surface area contributed by atoms with Crippen LogP contribution in [-0.2, 0) is 4.79 Å². The Balaban J connectivity index is 1.24. The molecule has 30 heavy (non-hydrogen) atoms. The highest BCUT2D eigenvalue weighted by atomic mass is 16.2. The van der Waals surface area contributed by atoms with Crippen molar-refractivity contribution in [3.8, 4) is 11.3 Å². The fourth-order valence-corrected chi connectivity index (χ4v) is 4.72. The highest BCUT2D eigenvalue weighted by molar-refractivity contribution is 5.82. The quantitative estimate of drug-likeness (QED) is 0.717. The van der Waals surface area contributed by atoms with Crippen molar-refractivity contribution in [1.29, 1.82) is 0 Å². The molecule has 6 rings (SSSR count). The molecule has 1 atom stereocenters. The lowest BCUT2D eigenvalue weighted by Crippen LogP contribution is -2.49. The molecule has 1 unspecified atom stereocenters. The van der Waals surface area contributed by atoms with Gasteiger partial charge in [0, 0.05) is 62.8 Å². The van der Waals surface area contributed by atoms with Gasteiger partial charge in [-0.15, -0.1) is 0 Å². The maximum atomic E-state index is 12.4. The van der Waals surface area contributed by atoms with Crippen LogP contribution in [0, 0.1) is 5.92 Å². The highest BCUT2D eigenvalue weighted by Gasteiger charge is 2.34. The average Bonchev–Trinajstić information content (AvgIpc) is 3.17. The van der Waals surface area contributed by atoms with Crippen LogP contribution in [0.25, 0.3) is 16.8 Å². The van der Waals surface area contributed by atoms with E-state index in [1.54, 1.807) is 0 Å². The summed E-state index contributed by atoms with van der Waals surface area (Å²) in [4.78, 5) is 16.8. The molecular formula is C22H27N7O. The van der Waals surface area contributed by atoms with E-state index >= 15 is 0 Å². The van der Waals surface area contributed by atoms with Crippen LogP contribution in [0.3, 0.4) is 0 Å². The van der Waals surface area contributed by atoms with Gasteiger partial charge in [0.2, 0.25) is 5.91 Å². The minimum atomic E-state index is 0.303. The van der Waals surface area contributed by atoms with Gasteiger partial charge in [-0.05, 0) is 44.0 Å². The van der Waals surface area contributed by atoms with E-state index in [-0.39, 0.29) is 0 Å². The van der Waals surface area contributed by atoms with Crippen LogP contribution < -0.4 is 10.2 Å². The van der Waals surface area contributed by atoms with Gasteiger partial charge in [-0.1, -0.05) is 0 Å². The van der Waals surface area contributed by atoms with Crippen molar-refractivity contribution in [3.63, 3.8) is 0 Å². The third-order valence-corrected chi connectivity index (χ3v) is 6.66. The zero-order chi connectivity index (χ0) is 20.1. The summed E-state index contributed by atoms with van der Waals surface area (Å²) >= 11 is 0. The van der Waals surface area contributed by atoms with Crippen LogP contribution in [0.4, 0.5) is 5.69 Å². The van der Waals surface area contributed by atoms with E-state index in [2.05, 4.69) is 50.6 Å². The van der Waals surface area contributed by atoms with E-state index in [9.17, 15) is 4.79 Å². The van der Waals surface area contributed by atoms with Gasteiger partial charge in [-0.3, -0.25) is 9.48 Å². The Kier molecular flexibility index (Phi) is 4.26. The zero-order valence-electron chi connectivity index (χ0n) is 17.1. The summed E-state index contributed by atoms with van der Waals surface area (Å²) in [5, 5.41) is 12.8. The number of piperazine rings is 1. The Morgan fingerprint density at radius 3 is 2.73 bits per heavy atom. The second kappa shape index (κ2) is 7.12. The van der Waals surface area contributed by atoms with Gasteiger partial charge in [-0.2, -0.15) is 10.2 Å². The summed E-state index contributed by atoms with van der Waals surface area (Å²) in [6.45, 7) is 5.38. The molecular weight excluding hydrogens is 378 g/mol. The molecule has 5 heterocycles. The molecule has 0 radical (unpaired) electrons. The van der Waals surface area contributed by atoms with Crippen LogP contribution in [-0.4, -0.2) is 69.5 Å². The molecule has 1 N–H and O–H groups in total. The average molecular weight is 406 g/mol. The number of nitrogens with one attached hydrogen (secondary N) is 1. The van der Waals surface area contributed by atoms with Crippen LogP contribution in [0.1, 0.15) is 25.3 Å². The van der Waals surface area contributed by atoms with E-state index < -0.39 is 0 Å². The number of aromatic nitrogens is 4. The van der Waals surface area contributed by atoms with Crippen molar-refractivity contribution in [1.82, 2.24) is 29.6 Å². The monoisotopic (exact) mass is 405 g/mol. The number of rotatable bonds is 4. The van der Waals surface area contributed by atoms with E-state index in [0.29, 0.717) is 17.9 Å². The third-order valence-electron chi connectivity index (χ3n) is 6.66. The molecule has 156 valence electrons. The first-order valence-electron chi connectivity index (χ1n) is 11.0. The van der Waals surface area contributed by atoms with Gasteiger partial charge >= 0.3 is 0 Å². The normalized spacial score (nSPS) is 22.2. The molecule has 0 aromatic carbocycles. The van der Waals surface area contributed by atoms with Gasteiger partial charge in [0.05, 0.1) is 22.9 Å². The number of amides is 1. The first-order valence-corrected chi connectivity index (χ1v) is 11.0. The maximum absolute atomic E-state index is 12.4. The molecule has 0 bridgehead atoms. The Labute approximate surface area is 175 Å². The second-order valence-corrected chi connectivity index (χ2v) is 8.69. The number of anilines is 1. The predicted octanol–water partition coefficient (Wildman–Crippen LogP) is 1.79. The molecule has 1 amide bonds. The first-order chi connectivity index (χ1) is 14.8. The zero-order valence-corrected chi connectivity index (χ0v) is 17.1. The summed E-state index contributed by atoms with van der Waals surface area (Å²) < 4.78 is 4.03. The van der Waals surface area contributed by atoms with E-state index in [4.69, 9.17) is 5.10 Å². The van der Waals surface area contributed by atoms with Crippen molar-refractivity contribution in [2.75, 3.05) is 44.2 Å². The Hall–Kier alpha value is -2.87. The number of carbonyl (C=O) groups excluding carboxylic acids is 1. The predicted molar refractivity (Wildman–Crippen MR) is 114 cm³/mol. The van der Waals surface area contributed by atoms with Crippen LogP contribution in [0.15, 0.2) is 36.8 Å². The van der Waals surface area contributed by atoms with Crippen molar-refractivity contribution in [2.24, 2.45) is 5.92 Å². The second-order valence-electron chi connectivity index (χ2n) is 8.69. The van der Waals surface area contributed by atoms with Crippen molar-refractivity contribution >= 4 is 17.1 Å². The highest BCUT2D eigenvalue weighted by Crippen LogP contribution is 2.32. The SMILES string of the molecule is O=C(C1CC1)N1CCN(c2ccnn3cc(-c4ccn(C5CCNC5)n4)cc23)CC1. The molecule has 2 aliphatic heterocycles. The third kappa shape index (κ3) is 3.15. The Morgan fingerprint density at radius 1 is 1.10 bits per heavy atom. The van der Waals surface area contributed by atoms with Crippen LogP contribution in [0.5, 0.6) is 0 Å². The van der Waals surface area contributed by atoms with E-state index in [1.165, 1.54) is 5.69 Å². The lowest BCUT2D eigenvalue weighted by molar-refractivity contribution is -0.132. The van der Waals surface area contributed by atoms with Gasteiger partial charge in [0.25, 0.3) is 0 Å². The molecule has 3 aliphatic rings. The largest absolute Gasteiger partial charge is 0.366 e. The fraction of sp³-hybridized carbons (Fsp3) is 0.500. The fourth-order valence-electron chi connectivity index (χ4n) is 4.72. The first kappa shape index (κ1) is 17.9. The summed E-state index contributed by atoms with van der Waals surface area (Å²) in [5.41, 5.74) is 4.33. The summed E-state index contributed by atoms with van der Waals surface area (Å²) in [6, 6.07) is 6.80. The maximum Gasteiger partial charge on any atom is 0.225 e. The van der Waals surface area contributed by atoms with Crippen molar-refractivity contribution in [2.45, 2.75) is 25.3 Å². The van der Waals surface area contributed by atoms with E-state index in [0.717, 1.165) is 75.3 Å². The number of hydrogen-bond donors (Lipinski definition) is 1. The molecule has 3 aromatic rings. The van der Waals surface area contributed by atoms with Gasteiger partial charge in [0.15, 0.2) is 0 Å². The topological polar surface area (TPSA) is 70.7 Å². The number of carbonyl (C=O) groups is 1. The molecule has 0 spiro atoms. The summed E-state index contributed by atoms with van der Waals surface area (Å²) in [7, 11) is 0. The standard InChI is InChI=1S/C22H27N7O/c30-22(16-1-2-16)27-11-9-26(10-12-27)20-4-7-24-29-15-17(13-21(20)29)19-5-8-28(25-19)18-3-6-23-14-18/h4-5,7-8,13,15-16,18,23H,1-3,6,9-12,14H2. The summed E-state index contributed by atoms with van der Waals surface area (Å²) in [5.74, 6) is 0.657. The van der Waals surface area contributed by atoms with Crippen LogP contribution in [0.2, 0.25) is 0 Å². The van der Waals surface area contributed by atoms with Gasteiger partial charge in [0.1, 0.15) is 0 Å². The van der Waals surface area contributed by atoms with E-state index in [1.807, 2.05) is 15.6 Å². The molecule has 8 heteroatoms. The number of nitrogens with zero attached hydrogens (tertiary/aromatic N) is 6. The number of fused-ring (bicyclic) bond motifs is 1. The molecule has 3 fully saturated rings. The van der Waals surface area contributed by atoms with Gasteiger partial charge in [-0.25, -0.2) is 4.52 Å². The minimum Gasteiger partial charge on any atom is -0.366 e. The minimum absolute atomic E-state index is 0.303. The van der Waals surface area contributed by atoms with Gasteiger partial charge < -0.3 is 15.1 Å². The Bertz CT molecular complexity index is 1070. The van der Waals surface area contributed by atoms with Crippen molar-refractivity contribution in [3.05, 3.63) is 36.8 Å². The molecule has 2 saturated heterocycles. The van der Waals surface area contributed by atoms with Crippen LogP contribution >= 0.6 is 0 Å².